The Morgan fingerprint density at radius 1 is 1.10 bits per heavy atom. The molecule has 0 aliphatic carbocycles. The normalized spacial score (nSPS) is 10.6. The van der Waals surface area contributed by atoms with Gasteiger partial charge < -0.3 is 9.84 Å². The van der Waals surface area contributed by atoms with E-state index >= 15 is 0 Å². The zero-order chi connectivity index (χ0) is 15.2. The van der Waals surface area contributed by atoms with Gasteiger partial charge in [-0.05, 0) is 41.7 Å². The van der Waals surface area contributed by atoms with Crippen LogP contribution < -0.4 is 4.74 Å². The van der Waals surface area contributed by atoms with Crippen molar-refractivity contribution in [3.05, 3.63) is 65.2 Å². The van der Waals surface area contributed by atoms with Crippen LogP contribution in [0.3, 0.4) is 0 Å². The highest BCUT2D eigenvalue weighted by molar-refractivity contribution is 5.88. The molecule has 21 heavy (non-hydrogen) atoms. The van der Waals surface area contributed by atoms with Crippen molar-refractivity contribution in [1.82, 2.24) is 0 Å². The lowest BCUT2D eigenvalue weighted by Crippen LogP contribution is -2.03. The molecule has 2 rings (SSSR count). The van der Waals surface area contributed by atoms with Gasteiger partial charge in [0, 0.05) is 0 Å². The summed E-state index contributed by atoms with van der Waals surface area (Å²) in [7, 11) is 0. The van der Waals surface area contributed by atoms with Crippen molar-refractivity contribution in [3.63, 3.8) is 0 Å². The lowest BCUT2D eigenvalue weighted by atomic mass is 10.0. The Morgan fingerprint density at radius 2 is 1.81 bits per heavy atom. The number of rotatable bonds is 6. The Morgan fingerprint density at radius 3 is 2.43 bits per heavy atom. The maximum Gasteiger partial charge on any atom is 0.335 e. The molecule has 0 saturated carbocycles. The molecule has 0 heterocycles. The second-order valence-electron chi connectivity index (χ2n) is 5.54. The van der Waals surface area contributed by atoms with Gasteiger partial charge in [-0.15, -0.1) is 0 Å². The molecule has 110 valence electrons. The Hall–Kier alpha value is -2.29. The first kappa shape index (κ1) is 15.1. The van der Waals surface area contributed by atoms with Crippen LogP contribution in [0.4, 0.5) is 0 Å². The Kier molecular flexibility index (Phi) is 4.99. The summed E-state index contributed by atoms with van der Waals surface area (Å²) >= 11 is 0. The SMILES string of the molecule is CC(C)Cc1cc(OCc2ccccc2)cc(C(=O)O)c1. The van der Waals surface area contributed by atoms with Gasteiger partial charge in [0.1, 0.15) is 12.4 Å². The predicted molar refractivity (Wildman–Crippen MR) is 82.7 cm³/mol. The van der Waals surface area contributed by atoms with E-state index < -0.39 is 5.97 Å². The molecule has 0 fully saturated rings. The molecule has 0 aliphatic heterocycles. The first-order valence-electron chi connectivity index (χ1n) is 7.08. The van der Waals surface area contributed by atoms with Crippen molar-refractivity contribution >= 4 is 5.97 Å². The molecule has 0 unspecified atom stereocenters. The third-order valence-electron chi connectivity index (χ3n) is 3.11. The largest absolute Gasteiger partial charge is 0.489 e. The quantitative estimate of drug-likeness (QED) is 0.866. The summed E-state index contributed by atoms with van der Waals surface area (Å²) < 4.78 is 5.74. The van der Waals surface area contributed by atoms with E-state index in [2.05, 4.69) is 13.8 Å². The highest BCUT2D eigenvalue weighted by atomic mass is 16.5. The molecule has 0 radical (unpaired) electrons. The van der Waals surface area contributed by atoms with Crippen LogP contribution in [0.15, 0.2) is 48.5 Å². The van der Waals surface area contributed by atoms with Crippen LogP contribution in [0.1, 0.15) is 35.3 Å². The fourth-order valence-electron chi connectivity index (χ4n) is 2.20. The van der Waals surface area contributed by atoms with Gasteiger partial charge in [0.15, 0.2) is 0 Å². The molecule has 0 bridgehead atoms. The molecule has 0 spiro atoms. The maximum atomic E-state index is 11.2. The van der Waals surface area contributed by atoms with Gasteiger partial charge in [-0.1, -0.05) is 44.2 Å². The van der Waals surface area contributed by atoms with E-state index in [1.165, 1.54) is 0 Å². The summed E-state index contributed by atoms with van der Waals surface area (Å²) in [6, 6.07) is 15.1. The van der Waals surface area contributed by atoms with E-state index in [1.807, 2.05) is 36.4 Å². The number of benzene rings is 2. The van der Waals surface area contributed by atoms with E-state index in [1.54, 1.807) is 12.1 Å². The van der Waals surface area contributed by atoms with Crippen LogP contribution in [-0.2, 0) is 13.0 Å². The first-order chi connectivity index (χ1) is 10.0. The summed E-state index contributed by atoms with van der Waals surface area (Å²) in [5.74, 6) is 0.149. The van der Waals surface area contributed by atoms with Crippen LogP contribution in [0.2, 0.25) is 0 Å². The number of carbonyl (C=O) groups is 1. The molecular weight excluding hydrogens is 264 g/mol. The van der Waals surface area contributed by atoms with Gasteiger partial charge in [-0.2, -0.15) is 0 Å². The lowest BCUT2D eigenvalue weighted by Gasteiger charge is -2.11. The number of carboxylic acids is 1. The molecule has 3 nitrogen and oxygen atoms in total. The third kappa shape index (κ3) is 4.63. The zero-order valence-corrected chi connectivity index (χ0v) is 12.4. The summed E-state index contributed by atoms with van der Waals surface area (Å²) in [4.78, 5) is 11.2. The van der Waals surface area contributed by atoms with Crippen molar-refractivity contribution in [2.24, 2.45) is 5.92 Å². The molecular formula is C18H20O3. The van der Waals surface area contributed by atoms with Crippen LogP contribution >= 0.6 is 0 Å². The van der Waals surface area contributed by atoms with Crippen LogP contribution in [0.25, 0.3) is 0 Å². The van der Waals surface area contributed by atoms with E-state index in [0.717, 1.165) is 17.5 Å². The molecule has 3 heteroatoms. The second kappa shape index (κ2) is 6.93. The highest BCUT2D eigenvalue weighted by Gasteiger charge is 2.09. The van der Waals surface area contributed by atoms with Crippen LogP contribution in [0, 0.1) is 5.92 Å². The van der Waals surface area contributed by atoms with Gasteiger partial charge in [0.2, 0.25) is 0 Å². The molecule has 0 saturated heterocycles. The smallest absolute Gasteiger partial charge is 0.335 e. The Labute approximate surface area is 125 Å². The number of hydrogen-bond donors (Lipinski definition) is 1. The first-order valence-corrected chi connectivity index (χ1v) is 7.08. The third-order valence-corrected chi connectivity index (χ3v) is 3.11. The topological polar surface area (TPSA) is 46.5 Å². The number of ether oxygens (including phenoxy) is 1. The minimum Gasteiger partial charge on any atom is -0.489 e. The van der Waals surface area contributed by atoms with E-state index in [-0.39, 0.29) is 5.56 Å². The summed E-state index contributed by atoms with van der Waals surface area (Å²) in [5.41, 5.74) is 2.33. The maximum absolute atomic E-state index is 11.2. The molecule has 0 aromatic heterocycles. The van der Waals surface area contributed by atoms with Gasteiger partial charge in [-0.3, -0.25) is 0 Å². The Balaban J connectivity index is 2.17. The predicted octanol–water partition coefficient (Wildman–Crippen LogP) is 4.16. The van der Waals surface area contributed by atoms with Gasteiger partial charge >= 0.3 is 5.97 Å². The number of carboxylic acid groups (broad SMARTS) is 1. The molecule has 1 N–H and O–H groups in total. The van der Waals surface area contributed by atoms with E-state index in [0.29, 0.717) is 18.3 Å². The van der Waals surface area contributed by atoms with Gasteiger partial charge in [0.05, 0.1) is 5.56 Å². The van der Waals surface area contributed by atoms with Crippen molar-refractivity contribution < 1.29 is 14.6 Å². The fraction of sp³-hybridized carbons (Fsp3) is 0.278. The van der Waals surface area contributed by atoms with Crippen molar-refractivity contribution in [2.75, 3.05) is 0 Å². The zero-order valence-electron chi connectivity index (χ0n) is 12.4. The van der Waals surface area contributed by atoms with Gasteiger partial charge in [-0.25, -0.2) is 4.79 Å². The number of aromatic carboxylic acids is 1. The standard InChI is InChI=1S/C18H20O3/c1-13(2)8-15-9-16(18(19)20)11-17(10-15)21-12-14-6-4-3-5-7-14/h3-7,9-11,13H,8,12H2,1-2H3,(H,19,20). The monoisotopic (exact) mass is 284 g/mol. The summed E-state index contributed by atoms with van der Waals surface area (Å²) in [6.45, 7) is 4.65. The van der Waals surface area contributed by atoms with Gasteiger partial charge in [0.25, 0.3) is 0 Å². The number of hydrogen-bond acceptors (Lipinski definition) is 2. The van der Waals surface area contributed by atoms with E-state index in [4.69, 9.17) is 4.74 Å². The fourth-order valence-corrected chi connectivity index (χ4v) is 2.20. The molecule has 2 aromatic rings. The van der Waals surface area contributed by atoms with Crippen LogP contribution in [0.5, 0.6) is 5.75 Å². The second-order valence-corrected chi connectivity index (χ2v) is 5.54. The average molecular weight is 284 g/mol. The van der Waals surface area contributed by atoms with E-state index in [9.17, 15) is 9.90 Å². The minimum absolute atomic E-state index is 0.274. The summed E-state index contributed by atoms with van der Waals surface area (Å²) in [6.07, 6.45) is 0.836. The molecule has 0 amide bonds. The van der Waals surface area contributed by atoms with Crippen molar-refractivity contribution in [2.45, 2.75) is 26.9 Å². The van der Waals surface area contributed by atoms with Crippen molar-refractivity contribution in [1.29, 1.82) is 0 Å². The molecule has 0 atom stereocenters. The summed E-state index contributed by atoms with van der Waals surface area (Å²) in [5, 5.41) is 9.20. The molecule has 0 aliphatic rings. The van der Waals surface area contributed by atoms with Crippen LogP contribution in [-0.4, -0.2) is 11.1 Å². The minimum atomic E-state index is -0.926. The average Bonchev–Trinajstić information content (AvgIpc) is 2.45. The lowest BCUT2D eigenvalue weighted by molar-refractivity contribution is 0.0696. The highest BCUT2D eigenvalue weighted by Crippen LogP contribution is 2.21. The molecule has 2 aromatic carbocycles. The van der Waals surface area contributed by atoms with Crippen molar-refractivity contribution in [3.8, 4) is 5.75 Å². The Bertz CT molecular complexity index is 603.